The molecule has 0 radical (unpaired) electrons. The standard InChI is InChI=1S/C46H26N4O/c1-2-11-27(12-3-1)46-47-26-40-45(48-46)34-16-7-9-19-38(34)49(40)28-21-22-39-35(23-28)32-15-6-8-18-37(32)50(39)29-24-36-31-14-5-4-13-30(31)33-17-10-20-41-43(33)44(36)42(25-29)51-41/h1-26H. The van der Waals surface area contributed by atoms with Gasteiger partial charge in [-0.1, -0.05) is 103 Å². The number of hydrogen-bond acceptors (Lipinski definition) is 3. The van der Waals surface area contributed by atoms with Crippen LogP contribution in [-0.4, -0.2) is 19.1 Å². The van der Waals surface area contributed by atoms with E-state index in [4.69, 9.17) is 14.4 Å². The second-order valence-corrected chi connectivity index (χ2v) is 13.4. The third kappa shape index (κ3) is 3.59. The van der Waals surface area contributed by atoms with E-state index in [0.29, 0.717) is 0 Å². The highest BCUT2D eigenvalue weighted by Gasteiger charge is 2.21. The van der Waals surface area contributed by atoms with E-state index in [2.05, 4.69) is 143 Å². The molecule has 0 spiro atoms. The summed E-state index contributed by atoms with van der Waals surface area (Å²) >= 11 is 0. The lowest BCUT2D eigenvalue weighted by molar-refractivity contribution is 0.669. The summed E-state index contributed by atoms with van der Waals surface area (Å²) in [5, 5.41) is 10.8. The molecule has 0 amide bonds. The van der Waals surface area contributed by atoms with Crippen LogP contribution >= 0.6 is 0 Å². The Hall–Kier alpha value is -6.98. The first kappa shape index (κ1) is 26.9. The van der Waals surface area contributed by atoms with Gasteiger partial charge < -0.3 is 13.6 Å². The zero-order valence-electron chi connectivity index (χ0n) is 27.2. The lowest BCUT2D eigenvalue weighted by Crippen LogP contribution is -1.97. The second-order valence-electron chi connectivity index (χ2n) is 13.4. The second kappa shape index (κ2) is 9.80. The molecule has 5 nitrogen and oxygen atoms in total. The van der Waals surface area contributed by atoms with Crippen molar-refractivity contribution >= 4 is 87.2 Å². The first-order valence-corrected chi connectivity index (χ1v) is 17.2. The van der Waals surface area contributed by atoms with Crippen molar-refractivity contribution in [2.24, 2.45) is 0 Å². The summed E-state index contributed by atoms with van der Waals surface area (Å²) in [7, 11) is 0. The molecule has 0 fully saturated rings. The Morgan fingerprint density at radius 3 is 1.88 bits per heavy atom. The van der Waals surface area contributed by atoms with Crippen LogP contribution in [0.5, 0.6) is 0 Å². The van der Waals surface area contributed by atoms with Gasteiger partial charge in [-0.05, 0) is 64.0 Å². The van der Waals surface area contributed by atoms with E-state index in [-0.39, 0.29) is 0 Å². The topological polar surface area (TPSA) is 48.8 Å². The largest absolute Gasteiger partial charge is 0.456 e. The van der Waals surface area contributed by atoms with Crippen LogP contribution in [0.25, 0.3) is 110 Å². The van der Waals surface area contributed by atoms with Crippen molar-refractivity contribution < 1.29 is 4.42 Å². The molecule has 0 bridgehead atoms. The molecule has 12 rings (SSSR count). The Labute approximate surface area is 290 Å². The van der Waals surface area contributed by atoms with E-state index in [1.54, 1.807) is 0 Å². The van der Waals surface area contributed by atoms with Gasteiger partial charge in [0.2, 0.25) is 0 Å². The molecule has 0 saturated carbocycles. The Morgan fingerprint density at radius 2 is 1.04 bits per heavy atom. The molecule has 0 saturated heterocycles. The molecule has 0 aliphatic heterocycles. The number of hydrogen-bond donors (Lipinski definition) is 0. The normalized spacial score (nSPS) is 12.3. The SMILES string of the molecule is c1ccc(-c2ncc3c(n2)c2ccccc2n3-c2ccc3c(c2)c2ccccc2n3-c2cc3oc4cccc5c6ccccc6c(c2)c3c45)cc1. The van der Waals surface area contributed by atoms with Gasteiger partial charge in [-0.25, -0.2) is 9.97 Å². The summed E-state index contributed by atoms with van der Waals surface area (Å²) in [6, 6.07) is 53.8. The molecule has 236 valence electrons. The lowest BCUT2D eigenvalue weighted by atomic mass is 9.94. The van der Waals surface area contributed by atoms with Crippen LogP contribution in [0.2, 0.25) is 0 Å². The summed E-state index contributed by atoms with van der Waals surface area (Å²) < 4.78 is 11.3. The van der Waals surface area contributed by atoms with Gasteiger partial charge in [0.15, 0.2) is 5.82 Å². The van der Waals surface area contributed by atoms with Gasteiger partial charge in [-0.3, -0.25) is 0 Å². The monoisotopic (exact) mass is 650 g/mol. The minimum atomic E-state index is 0.726. The molecule has 0 aliphatic carbocycles. The fourth-order valence-corrected chi connectivity index (χ4v) is 8.57. The molecule has 51 heavy (non-hydrogen) atoms. The van der Waals surface area contributed by atoms with E-state index in [0.717, 1.165) is 66.9 Å². The Bertz CT molecular complexity index is 3370. The zero-order chi connectivity index (χ0) is 33.2. The third-order valence-electron chi connectivity index (χ3n) is 10.7. The molecular formula is C46H26N4O. The smallest absolute Gasteiger partial charge is 0.159 e. The van der Waals surface area contributed by atoms with Crippen molar-refractivity contribution in [3.8, 4) is 22.8 Å². The molecular weight excluding hydrogens is 625 g/mol. The van der Waals surface area contributed by atoms with Crippen LogP contribution in [0.4, 0.5) is 0 Å². The molecule has 4 heterocycles. The highest BCUT2D eigenvalue weighted by molar-refractivity contribution is 6.33. The third-order valence-corrected chi connectivity index (χ3v) is 10.7. The van der Waals surface area contributed by atoms with Crippen molar-refractivity contribution in [2.45, 2.75) is 0 Å². The maximum absolute atomic E-state index is 6.61. The Kier molecular flexibility index (Phi) is 5.17. The van der Waals surface area contributed by atoms with Gasteiger partial charge >= 0.3 is 0 Å². The highest BCUT2D eigenvalue weighted by Crippen LogP contribution is 2.44. The molecule has 0 N–H and O–H groups in total. The number of benzene rings is 8. The summed E-state index contributed by atoms with van der Waals surface area (Å²) in [6.07, 6.45) is 1.97. The van der Waals surface area contributed by atoms with Gasteiger partial charge in [0, 0.05) is 44.2 Å². The maximum atomic E-state index is 6.61. The van der Waals surface area contributed by atoms with Crippen molar-refractivity contribution in [3.63, 3.8) is 0 Å². The fraction of sp³-hybridized carbons (Fsp3) is 0. The number of nitrogens with zero attached hydrogens (tertiary/aromatic N) is 4. The van der Waals surface area contributed by atoms with Crippen molar-refractivity contribution in [1.82, 2.24) is 19.1 Å². The van der Waals surface area contributed by atoms with E-state index in [9.17, 15) is 0 Å². The molecule has 4 aromatic heterocycles. The van der Waals surface area contributed by atoms with E-state index in [1.807, 2.05) is 24.4 Å². The minimum absolute atomic E-state index is 0.726. The van der Waals surface area contributed by atoms with Crippen LogP contribution in [0.1, 0.15) is 0 Å². The summed E-state index contributed by atoms with van der Waals surface area (Å²) in [5.74, 6) is 0.726. The predicted molar refractivity (Wildman–Crippen MR) is 210 cm³/mol. The molecule has 8 aromatic carbocycles. The molecule has 5 heteroatoms. The lowest BCUT2D eigenvalue weighted by Gasteiger charge is -2.13. The zero-order valence-corrected chi connectivity index (χ0v) is 27.2. The van der Waals surface area contributed by atoms with E-state index < -0.39 is 0 Å². The molecule has 0 atom stereocenters. The van der Waals surface area contributed by atoms with Crippen molar-refractivity contribution in [1.29, 1.82) is 0 Å². The summed E-state index contributed by atoms with van der Waals surface area (Å²) in [4.78, 5) is 9.95. The van der Waals surface area contributed by atoms with Crippen molar-refractivity contribution in [3.05, 3.63) is 158 Å². The first-order chi connectivity index (χ1) is 25.3. The maximum Gasteiger partial charge on any atom is 0.159 e. The molecule has 0 unspecified atom stereocenters. The molecule has 12 aromatic rings. The number of fused-ring (bicyclic) bond motifs is 9. The number of rotatable bonds is 3. The van der Waals surface area contributed by atoms with Crippen LogP contribution in [0.15, 0.2) is 162 Å². The van der Waals surface area contributed by atoms with Crippen LogP contribution < -0.4 is 0 Å². The molecule has 0 aliphatic rings. The van der Waals surface area contributed by atoms with Crippen LogP contribution in [-0.2, 0) is 0 Å². The van der Waals surface area contributed by atoms with Gasteiger partial charge in [0.1, 0.15) is 16.7 Å². The Balaban J connectivity index is 1.12. The van der Waals surface area contributed by atoms with E-state index in [1.165, 1.54) is 43.1 Å². The van der Waals surface area contributed by atoms with Gasteiger partial charge in [-0.2, -0.15) is 0 Å². The average molecular weight is 651 g/mol. The number of aromatic nitrogens is 4. The van der Waals surface area contributed by atoms with Gasteiger partial charge in [0.25, 0.3) is 0 Å². The number of para-hydroxylation sites is 2. The predicted octanol–water partition coefficient (Wildman–Crippen LogP) is 12.0. The quantitative estimate of drug-likeness (QED) is 0.179. The van der Waals surface area contributed by atoms with Gasteiger partial charge in [-0.15, -0.1) is 0 Å². The highest BCUT2D eigenvalue weighted by atomic mass is 16.3. The average Bonchev–Trinajstić information content (AvgIpc) is 3.85. The van der Waals surface area contributed by atoms with E-state index >= 15 is 0 Å². The van der Waals surface area contributed by atoms with Crippen LogP contribution in [0, 0.1) is 0 Å². The van der Waals surface area contributed by atoms with Crippen LogP contribution in [0.3, 0.4) is 0 Å². The van der Waals surface area contributed by atoms with Gasteiger partial charge in [0.05, 0.1) is 34.0 Å². The summed E-state index contributed by atoms with van der Waals surface area (Å²) in [6.45, 7) is 0. The number of furan rings is 1. The fourth-order valence-electron chi connectivity index (χ4n) is 8.57. The Morgan fingerprint density at radius 1 is 0.412 bits per heavy atom. The first-order valence-electron chi connectivity index (χ1n) is 17.2. The minimum Gasteiger partial charge on any atom is -0.456 e. The van der Waals surface area contributed by atoms with Crippen molar-refractivity contribution in [2.75, 3.05) is 0 Å². The summed E-state index contributed by atoms with van der Waals surface area (Å²) in [5.41, 5.74) is 10.3.